The van der Waals surface area contributed by atoms with E-state index in [4.69, 9.17) is 0 Å². The van der Waals surface area contributed by atoms with E-state index < -0.39 is 0 Å². The molecule has 0 atom stereocenters. The Morgan fingerprint density at radius 2 is 0.723 bits per heavy atom. The van der Waals surface area contributed by atoms with Gasteiger partial charge in [-0.1, -0.05) is 237 Å². The van der Waals surface area contributed by atoms with Crippen molar-refractivity contribution in [2.75, 3.05) is 0 Å². The Morgan fingerprint density at radius 3 is 1.39 bits per heavy atom. The summed E-state index contributed by atoms with van der Waals surface area (Å²) in [4.78, 5) is 22.3. The standard InChI is InChI=1S/C17H13N.C15H10FN.3C15H11N/c1-3-7-14(8-4-1)16-11-12-18-17(13-16)15-9-5-2-6-10-15;16-13-7-5-12(6-8-13)15-14-4-2-1-3-11(14)9-10-17-15;1-2-6-13-11-14(9-8-12(13)5-1)15-7-3-4-10-16-15;1-2-6-12(7-3-1)15-10-13-8-4-5-9-14(13)11-16-15;1-2-6-12(7-3-1)15-11-10-13-8-4-5-9-14(13)16-15/h1-13H;1-10H;3*1-11H. The van der Waals surface area contributed by atoms with Crippen LogP contribution in [-0.2, 0) is 0 Å². The van der Waals surface area contributed by atoms with Gasteiger partial charge in [0.25, 0.3) is 0 Å². The molecule has 0 bridgehead atoms. The van der Waals surface area contributed by atoms with E-state index >= 15 is 0 Å². The summed E-state index contributed by atoms with van der Waals surface area (Å²) in [5.41, 5.74) is 14.0. The monoisotopic (exact) mass is 1070 g/mol. The summed E-state index contributed by atoms with van der Waals surface area (Å²) in [7, 11) is 0. The number of halogens is 1. The van der Waals surface area contributed by atoms with Gasteiger partial charge >= 0.3 is 0 Å². The lowest BCUT2D eigenvalue weighted by molar-refractivity contribution is 0.628. The minimum atomic E-state index is -0.228. The van der Waals surface area contributed by atoms with Gasteiger partial charge in [0.1, 0.15) is 5.82 Å². The van der Waals surface area contributed by atoms with Crippen molar-refractivity contribution in [3.8, 4) is 67.4 Å². The normalized spacial score (nSPS) is 10.5. The van der Waals surface area contributed by atoms with Gasteiger partial charge in [-0.05, 0) is 112 Å². The van der Waals surface area contributed by atoms with Gasteiger partial charge in [-0.15, -0.1) is 0 Å². The molecule has 15 aromatic rings. The van der Waals surface area contributed by atoms with E-state index in [0.717, 1.165) is 67.0 Å². The van der Waals surface area contributed by atoms with E-state index in [0.29, 0.717) is 0 Å². The van der Waals surface area contributed by atoms with Crippen LogP contribution in [0.5, 0.6) is 0 Å². The van der Waals surface area contributed by atoms with Gasteiger partial charge in [-0.25, -0.2) is 9.37 Å². The van der Waals surface area contributed by atoms with Crippen LogP contribution in [-0.4, -0.2) is 24.9 Å². The number of aromatic nitrogens is 5. The van der Waals surface area contributed by atoms with E-state index in [2.05, 4.69) is 177 Å². The second-order valence-corrected chi connectivity index (χ2v) is 19.4. The first-order valence-electron chi connectivity index (χ1n) is 27.5. The maximum absolute atomic E-state index is 12.9. The van der Waals surface area contributed by atoms with Gasteiger partial charge < -0.3 is 0 Å². The molecule has 0 unspecified atom stereocenters. The SMILES string of the molecule is Fc1ccc(-c2nccc3ccccc23)cc1.c1ccc(-c2cc3ccccc3cn2)cc1.c1ccc(-c2ccc3ccccc3c2)nc1.c1ccc(-c2ccc3ccccc3n2)cc1.c1ccc(-c2ccnc(-c3ccccc3)c2)cc1. The van der Waals surface area contributed by atoms with Crippen molar-refractivity contribution in [3.63, 3.8) is 0 Å². The topological polar surface area (TPSA) is 64.5 Å². The maximum atomic E-state index is 12.9. The van der Waals surface area contributed by atoms with Crippen LogP contribution in [0.15, 0.2) is 340 Å². The predicted octanol–water partition coefficient (Wildman–Crippen LogP) is 20.2. The van der Waals surface area contributed by atoms with Gasteiger partial charge in [0.05, 0.1) is 34.0 Å². The fourth-order valence-electron chi connectivity index (χ4n) is 9.53. The van der Waals surface area contributed by atoms with Crippen LogP contribution in [0.2, 0.25) is 0 Å². The molecule has 0 saturated carbocycles. The van der Waals surface area contributed by atoms with Crippen LogP contribution in [0.1, 0.15) is 0 Å². The van der Waals surface area contributed by atoms with E-state index in [9.17, 15) is 4.39 Å². The third-order valence-electron chi connectivity index (χ3n) is 13.8. The summed E-state index contributed by atoms with van der Waals surface area (Å²) in [6.45, 7) is 0. The Hall–Kier alpha value is -11.1. The van der Waals surface area contributed by atoms with Gasteiger partial charge in [0.2, 0.25) is 0 Å². The highest BCUT2D eigenvalue weighted by molar-refractivity contribution is 5.94. The molecule has 10 aromatic carbocycles. The number of nitrogens with zero attached hydrogens (tertiary/aromatic N) is 5. The van der Waals surface area contributed by atoms with Crippen LogP contribution >= 0.6 is 0 Å². The average molecular weight is 1070 g/mol. The number of para-hydroxylation sites is 1. The minimum Gasteiger partial charge on any atom is -0.256 e. The van der Waals surface area contributed by atoms with Crippen LogP contribution < -0.4 is 0 Å². The highest BCUT2D eigenvalue weighted by Crippen LogP contribution is 2.28. The largest absolute Gasteiger partial charge is 0.256 e. The van der Waals surface area contributed by atoms with E-state index in [1.54, 1.807) is 18.3 Å². The third-order valence-corrected chi connectivity index (χ3v) is 13.8. The first-order valence-corrected chi connectivity index (χ1v) is 27.5. The molecule has 0 aliphatic carbocycles. The van der Waals surface area contributed by atoms with E-state index in [1.807, 2.05) is 158 Å². The summed E-state index contributed by atoms with van der Waals surface area (Å²) in [6.07, 6.45) is 7.40. The summed E-state index contributed by atoms with van der Waals surface area (Å²) in [6, 6.07) is 105. The summed E-state index contributed by atoms with van der Waals surface area (Å²) in [5.74, 6) is -0.228. The summed E-state index contributed by atoms with van der Waals surface area (Å²) >= 11 is 0. The highest BCUT2D eigenvalue weighted by Gasteiger charge is 2.07. The zero-order chi connectivity index (χ0) is 56.3. The lowest BCUT2D eigenvalue weighted by Gasteiger charge is -2.05. The molecule has 0 radical (unpaired) electrons. The molecule has 5 aromatic heterocycles. The number of hydrogen-bond acceptors (Lipinski definition) is 5. The molecule has 6 heteroatoms. The molecule has 15 rings (SSSR count). The molecule has 5 nitrogen and oxygen atoms in total. The van der Waals surface area contributed by atoms with Crippen molar-refractivity contribution in [1.82, 2.24) is 24.9 Å². The van der Waals surface area contributed by atoms with Gasteiger partial charge in [0, 0.05) is 68.8 Å². The van der Waals surface area contributed by atoms with Crippen LogP contribution in [0.25, 0.3) is 111 Å². The second kappa shape index (κ2) is 27.2. The molecule has 0 aliphatic heterocycles. The number of pyridine rings is 5. The Labute approximate surface area is 483 Å². The molecular weight excluding hydrogens is 1010 g/mol. The van der Waals surface area contributed by atoms with Crippen molar-refractivity contribution in [2.45, 2.75) is 0 Å². The quantitative estimate of drug-likeness (QED) is 0.166. The third kappa shape index (κ3) is 14.2. The molecule has 0 amide bonds. The summed E-state index contributed by atoms with van der Waals surface area (Å²) < 4.78 is 12.9. The zero-order valence-corrected chi connectivity index (χ0v) is 45.4. The molecular formula is C77H56FN5. The van der Waals surface area contributed by atoms with Gasteiger partial charge in [-0.3, -0.25) is 19.9 Å². The molecule has 396 valence electrons. The molecule has 0 aliphatic rings. The van der Waals surface area contributed by atoms with Gasteiger partial charge in [-0.2, -0.15) is 0 Å². The number of benzene rings is 10. The molecule has 0 saturated heterocycles. The zero-order valence-electron chi connectivity index (χ0n) is 45.4. The summed E-state index contributed by atoms with van der Waals surface area (Å²) in [5, 5.41) is 8.34. The first-order chi connectivity index (χ1) is 41.1. The smallest absolute Gasteiger partial charge is 0.123 e. The van der Waals surface area contributed by atoms with Crippen LogP contribution in [0, 0.1) is 5.82 Å². The lowest BCUT2D eigenvalue weighted by Crippen LogP contribution is -1.85. The van der Waals surface area contributed by atoms with Crippen LogP contribution in [0.4, 0.5) is 4.39 Å². The Morgan fingerprint density at radius 1 is 0.229 bits per heavy atom. The number of rotatable bonds is 6. The van der Waals surface area contributed by atoms with Crippen molar-refractivity contribution in [3.05, 3.63) is 346 Å². The van der Waals surface area contributed by atoms with Crippen molar-refractivity contribution in [1.29, 1.82) is 0 Å². The number of fused-ring (bicyclic) bond motifs is 4. The molecule has 83 heavy (non-hydrogen) atoms. The molecule has 0 spiro atoms. The minimum absolute atomic E-state index is 0.228. The Kier molecular flexibility index (Phi) is 17.7. The van der Waals surface area contributed by atoms with Crippen molar-refractivity contribution in [2.24, 2.45) is 0 Å². The average Bonchev–Trinajstić information content (AvgIpc) is 3.70. The van der Waals surface area contributed by atoms with Crippen LogP contribution in [0.3, 0.4) is 0 Å². The highest BCUT2D eigenvalue weighted by atomic mass is 19.1. The Balaban J connectivity index is 0.000000109. The van der Waals surface area contributed by atoms with Crippen molar-refractivity contribution < 1.29 is 4.39 Å². The fourth-order valence-corrected chi connectivity index (χ4v) is 9.53. The Bertz CT molecular complexity index is 4160. The lowest BCUT2D eigenvalue weighted by atomic mass is 10.0. The maximum Gasteiger partial charge on any atom is 0.123 e. The number of hydrogen-bond donors (Lipinski definition) is 0. The molecule has 0 fully saturated rings. The molecule has 0 N–H and O–H groups in total. The van der Waals surface area contributed by atoms with E-state index in [1.165, 1.54) is 55.8 Å². The first kappa shape index (κ1) is 53.9. The van der Waals surface area contributed by atoms with Gasteiger partial charge in [0.15, 0.2) is 0 Å². The molecule has 5 heterocycles. The second-order valence-electron chi connectivity index (χ2n) is 19.4. The predicted molar refractivity (Wildman–Crippen MR) is 344 cm³/mol. The van der Waals surface area contributed by atoms with E-state index in [-0.39, 0.29) is 5.82 Å². The fraction of sp³-hybridized carbons (Fsp3) is 0. The van der Waals surface area contributed by atoms with Crippen molar-refractivity contribution >= 4 is 43.2 Å².